The first-order valence-corrected chi connectivity index (χ1v) is 6.14. The molecule has 90 valence electrons. The summed E-state index contributed by atoms with van der Waals surface area (Å²) in [5.41, 5.74) is 1.28. The zero-order valence-electron chi connectivity index (χ0n) is 9.39. The van der Waals surface area contributed by atoms with Crippen molar-refractivity contribution in [3.05, 3.63) is 47.8 Å². The van der Waals surface area contributed by atoms with Gasteiger partial charge in [0.15, 0.2) is 0 Å². The van der Waals surface area contributed by atoms with E-state index in [2.05, 4.69) is 24.8 Å². The number of Topliss-reactive ketones (excluding diaryl/α,β-unsaturated/α-hetero) is 1. The molecule has 2 aliphatic rings. The number of carbonyl (C=O) groups excluding carboxylic acids is 1. The molecule has 0 unspecified atom stereocenters. The quantitative estimate of drug-likeness (QED) is 0.779. The molecule has 1 aliphatic heterocycles. The van der Waals surface area contributed by atoms with Gasteiger partial charge in [-0.05, 0) is 12.8 Å². The van der Waals surface area contributed by atoms with Crippen LogP contribution in [0.5, 0.6) is 0 Å². The Morgan fingerprint density at radius 1 is 1.41 bits per heavy atom. The van der Waals surface area contributed by atoms with Crippen molar-refractivity contribution in [3.63, 3.8) is 0 Å². The van der Waals surface area contributed by atoms with E-state index in [-0.39, 0.29) is 17.3 Å². The van der Waals surface area contributed by atoms with Gasteiger partial charge in [0.2, 0.25) is 11.5 Å². The summed E-state index contributed by atoms with van der Waals surface area (Å²) in [5.74, 6) is 0.841. The van der Waals surface area contributed by atoms with Gasteiger partial charge < -0.3 is 9.47 Å². The molecule has 0 aromatic heterocycles. The minimum Gasteiger partial charge on any atom is -0.465 e. The molecule has 4 heteroatoms. The molecule has 0 spiro atoms. The number of ketones is 1. The second-order valence-corrected chi connectivity index (χ2v) is 4.17. The summed E-state index contributed by atoms with van der Waals surface area (Å²) in [6.45, 7) is 0. The molecule has 1 heterocycles. The Kier molecular flexibility index (Phi) is 4.09. The van der Waals surface area contributed by atoms with E-state index in [1.807, 2.05) is 6.08 Å². The minimum atomic E-state index is -0.170. The van der Waals surface area contributed by atoms with Gasteiger partial charge in [0, 0.05) is 6.42 Å². The molecule has 0 fully saturated rings. The Morgan fingerprint density at radius 3 is 3.00 bits per heavy atom. The van der Waals surface area contributed by atoms with Crippen LogP contribution < -0.4 is 0 Å². The maximum Gasteiger partial charge on any atom is 0.210 e. The van der Waals surface area contributed by atoms with E-state index in [1.54, 1.807) is 0 Å². The lowest BCUT2D eigenvalue weighted by atomic mass is 10.0. The third kappa shape index (κ3) is 3.27. The second kappa shape index (κ2) is 5.77. The Bertz CT molecular complexity index is 430. The van der Waals surface area contributed by atoms with Crippen LogP contribution in [-0.2, 0) is 14.3 Å². The van der Waals surface area contributed by atoms with Gasteiger partial charge >= 0.3 is 0 Å². The summed E-state index contributed by atoms with van der Waals surface area (Å²) in [6.07, 6.45) is 11.9. The lowest BCUT2D eigenvalue weighted by Crippen LogP contribution is -2.11. The molecule has 0 aromatic rings. The van der Waals surface area contributed by atoms with Gasteiger partial charge in [0.05, 0.1) is 5.75 Å². The maximum absolute atomic E-state index is 11.4. The summed E-state index contributed by atoms with van der Waals surface area (Å²) >= 11 is 3.92. The standard InChI is InChI=1S/C13H14O3S/c14-12(9-17)13-8-15-7-11(16-13)6-10-4-2-1-3-5-10/h1-2,4,7-8,17H,3,5-6,9H2. The van der Waals surface area contributed by atoms with E-state index >= 15 is 0 Å². The Morgan fingerprint density at radius 2 is 2.29 bits per heavy atom. The average Bonchev–Trinajstić information content (AvgIpc) is 2.39. The number of hydrogen-bond acceptors (Lipinski definition) is 4. The number of allylic oxidation sites excluding steroid dienone is 5. The highest BCUT2D eigenvalue weighted by Gasteiger charge is 2.17. The third-order valence-electron chi connectivity index (χ3n) is 2.54. The van der Waals surface area contributed by atoms with E-state index in [1.165, 1.54) is 18.1 Å². The van der Waals surface area contributed by atoms with E-state index < -0.39 is 0 Å². The molecule has 1 aliphatic carbocycles. The second-order valence-electron chi connectivity index (χ2n) is 3.85. The molecular weight excluding hydrogens is 236 g/mol. The van der Waals surface area contributed by atoms with Gasteiger partial charge in [-0.25, -0.2) is 0 Å². The zero-order valence-corrected chi connectivity index (χ0v) is 10.3. The van der Waals surface area contributed by atoms with Gasteiger partial charge in [-0.15, -0.1) is 0 Å². The predicted octanol–water partition coefficient (Wildman–Crippen LogP) is 2.88. The van der Waals surface area contributed by atoms with Crippen LogP contribution in [-0.4, -0.2) is 11.5 Å². The van der Waals surface area contributed by atoms with Crippen LogP contribution in [0.2, 0.25) is 0 Å². The fourth-order valence-electron chi connectivity index (χ4n) is 1.66. The number of ether oxygens (including phenoxy) is 2. The monoisotopic (exact) mass is 250 g/mol. The number of hydrogen-bond donors (Lipinski definition) is 1. The van der Waals surface area contributed by atoms with Gasteiger partial charge in [-0.3, -0.25) is 4.79 Å². The molecule has 3 nitrogen and oxygen atoms in total. The molecule has 0 aromatic carbocycles. The van der Waals surface area contributed by atoms with Crippen molar-refractivity contribution in [1.29, 1.82) is 0 Å². The van der Waals surface area contributed by atoms with Crippen LogP contribution >= 0.6 is 12.6 Å². The summed E-state index contributed by atoms with van der Waals surface area (Å²) < 4.78 is 10.6. The van der Waals surface area contributed by atoms with E-state index in [4.69, 9.17) is 9.47 Å². The van der Waals surface area contributed by atoms with Crippen molar-refractivity contribution >= 4 is 18.4 Å². The predicted molar refractivity (Wildman–Crippen MR) is 68.3 cm³/mol. The number of carbonyl (C=O) groups is 1. The zero-order chi connectivity index (χ0) is 12.1. The average molecular weight is 250 g/mol. The van der Waals surface area contributed by atoms with Crippen LogP contribution in [0, 0.1) is 0 Å². The normalized spacial score (nSPS) is 18.5. The molecule has 17 heavy (non-hydrogen) atoms. The van der Waals surface area contributed by atoms with E-state index in [0.29, 0.717) is 12.2 Å². The largest absolute Gasteiger partial charge is 0.465 e. The molecule has 0 atom stereocenters. The first kappa shape index (κ1) is 12.0. The molecular formula is C13H14O3S. The van der Waals surface area contributed by atoms with Crippen molar-refractivity contribution < 1.29 is 14.3 Å². The molecule has 0 bridgehead atoms. The highest BCUT2D eigenvalue weighted by atomic mass is 32.1. The van der Waals surface area contributed by atoms with E-state index in [9.17, 15) is 4.79 Å². The smallest absolute Gasteiger partial charge is 0.210 e. The SMILES string of the molecule is O=C(CS)C1=COC=C(CC2=CC=CCC2)O1. The summed E-state index contributed by atoms with van der Waals surface area (Å²) in [5, 5.41) is 0. The van der Waals surface area contributed by atoms with Crippen LogP contribution in [0.25, 0.3) is 0 Å². The topological polar surface area (TPSA) is 35.5 Å². The molecule has 0 N–H and O–H groups in total. The Hall–Kier alpha value is -1.42. The number of thiol groups is 1. The minimum absolute atomic E-state index is 0.119. The maximum atomic E-state index is 11.4. The summed E-state index contributed by atoms with van der Waals surface area (Å²) in [6, 6.07) is 0. The molecule has 0 saturated heterocycles. The fourth-order valence-corrected chi connectivity index (χ4v) is 1.82. The first-order chi connectivity index (χ1) is 8.29. The lowest BCUT2D eigenvalue weighted by molar-refractivity contribution is -0.116. The van der Waals surface area contributed by atoms with Crippen LogP contribution in [0.15, 0.2) is 47.8 Å². The van der Waals surface area contributed by atoms with Gasteiger partial charge in [-0.1, -0.05) is 23.8 Å². The third-order valence-corrected chi connectivity index (χ3v) is 2.82. The van der Waals surface area contributed by atoms with Gasteiger partial charge in [0.1, 0.15) is 18.3 Å². The van der Waals surface area contributed by atoms with Crippen molar-refractivity contribution in [2.45, 2.75) is 19.3 Å². The molecule has 0 radical (unpaired) electrons. The van der Waals surface area contributed by atoms with Crippen molar-refractivity contribution in [1.82, 2.24) is 0 Å². The highest BCUT2D eigenvalue weighted by Crippen LogP contribution is 2.24. The lowest BCUT2D eigenvalue weighted by Gasteiger charge is -2.17. The van der Waals surface area contributed by atoms with Crippen LogP contribution in [0.1, 0.15) is 19.3 Å². The van der Waals surface area contributed by atoms with Crippen molar-refractivity contribution in [2.24, 2.45) is 0 Å². The summed E-state index contributed by atoms with van der Waals surface area (Å²) in [4.78, 5) is 11.4. The van der Waals surface area contributed by atoms with Gasteiger partial charge in [0.25, 0.3) is 0 Å². The number of rotatable bonds is 4. The van der Waals surface area contributed by atoms with Crippen molar-refractivity contribution in [3.8, 4) is 0 Å². The van der Waals surface area contributed by atoms with Gasteiger partial charge in [-0.2, -0.15) is 12.6 Å². The Balaban J connectivity index is 1.95. The Labute approximate surface area is 106 Å². The molecule has 0 saturated carbocycles. The molecule has 0 amide bonds. The fraction of sp³-hybridized carbons (Fsp3) is 0.308. The summed E-state index contributed by atoms with van der Waals surface area (Å²) in [7, 11) is 0. The van der Waals surface area contributed by atoms with Crippen LogP contribution in [0.4, 0.5) is 0 Å². The van der Waals surface area contributed by atoms with Crippen molar-refractivity contribution in [2.75, 3.05) is 5.75 Å². The van der Waals surface area contributed by atoms with E-state index in [0.717, 1.165) is 12.8 Å². The first-order valence-electron chi connectivity index (χ1n) is 5.51. The molecule has 2 rings (SSSR count). The van der Waals surface area contributed by atoms with Crippen LogP contribution in [0.3, 0.4) is 0 Å². The highest BCUT2D eigenvalue weighted by molar-refractivity contribution is 7.81.